The molecule has 0 aliphatic carbocycles. The van der Waals surface area contributed by atoms with Crippen LogP contribution in [0.3, 0.4) is 0 Å². The van der Waals surface area contributed by atoms with E-state index in [-0.39, 0.29) is 6.04 Å². The third-order valence-electron chi connectivity index (χ3n) is 2.84. The van der Waals surface area contributed by atoms with Crippen molar-refractivity contribution in [2.75, 3.05) is 13.7 Å². The van der Waals surface area contributed by atoms with Gasteiger partial charge < -0.3 is 10.5 Å². The van der Waals surface area contributed by atoms with Crippen molar-refractivity contribution >= 4 is 11.6 Å². The summed E-state index contributed by atoms with van der Waals surface area (Å²) in [5.41, 5.74) is 7.75. The zero-order valence-corrected chi connectivity index (χ0v) is 11.2. The summed E-state index contributed by atoms with van der Waals surface area (Å²) in [5, 5.41) is 5.06. The first-order valence-corrected chi connectivity index (χ1v) is 6.08. The van der Waals surface area contributed by atoms with Crippen LogP contribution in [0.15, 0.2) is 30.5 Å². The number of aryl methyl sites for hydroxylation is 1. The first-order chi connectivity index (χ1) is 8.65. The Balaban J connectivity index is 2.47. The number of nitrogens with two attached hydrogens (primary N) is 1. The molecule has 0 amide bonds. The molecule has 0 aliphatic heterocycles. The van der Waals surface area contributed by atoms with Crippen molar-refractivity contribution in [3.8, 4) is 5.75 Å². The number of ether oxygens (including phenoxy) is 1. The molecule has 0 aliphatic rings. The normalized spacial score (nSPS) is 12.4. The van der Waals surface area contributed by atoms with Gasteiger partial charge in [0.15, 0.2) is 0 Å². The fraction of sp³-hybridized carbons (Fsp3) is 0.308. The second kappa shape index (κ2) is 5.42. The van der Waals surface area contributed by atoms with Gasteiger partial charge in [-0.15, -0.1) is 0 Å². The number of hydrogen-bond acceptors (Lipinski definition) is 3. The second-order valence-corrected chi connectivity index (χ2v) is 4.51. The predicted molar refractivity (Wildman–Crippen MR) is 72.2 cm³/mol. The molecule has 1 heterocycles. The maximum Gasteiger partial charge on any atom is 0.124 e. The fourth-order valence-electron chi connectivity index (χ4n) is 1.95. The van der Waals surface area contributed by atoms with Gasteiger partial charge in [-0.3, -0.25) is 4.68 Å². The molecule has 0 spiro atoms. The minimum atomic E-state index is -0.0765. The standard InChI is InChI=1S/C13H16ClN3O/c1-9-5-6-17(16-9)12(8-15)11-7-10(14)3-4-13(11)18-2/h3-7,12H,8,15H2,1-2H3. The molecule has 0 fully saturated rings. The van der Waals surface area contributed by atoms with Gasteiger partial charge in [0.25, 0.3) is 0 Å². The van der Waals surface area contributed by atoms with Crippen LogP contribution in [-0.2, 0) is 0 Å². The number of benzene rings is 1. The van der Waals surface area contributed by atoms with Gasteiger partial charge >= 0.3 is 0 Å². The van der Waals surface area contributed by atoms with E-state index in [0.29, 0.717) is 11.6 Å². The van der Waals surface area contributed by atoms with Crippen LogP contribution >= 0.6 is 11.6 Å². The molecule has 1 atom stereocenters. The van der Waals surface area contributed by atoms with E-state index in [1.54, 1.807) is 13.2 Å². The Labute approximate surface area is 111 Å². The molecule has 1 aromatic carbocycles. The molecule has 18 heavy (non-hydrogen) atoms. The minimum absolute atomic E-state index is 0.0765. The van der Waals surface area contributed by atoms with Crippen LogP contribution in [-0.4, -0.2) is 23.4 Å². The van der Waals surface area contributed by atoms with Gasteiger partial charge in [-0.2, -0.15) is 5.10 Å². The molecule has 5 heteroatoms. The monoisotopic (exact) mass is 265 g/mol. The Bertz CT molecular complexity index is 539. The minimum Gasteiger partial charge on any atom is -0.496 e. The fourth-order valence-corrected chi connectivity index (χ4v) is 2.13. The summed E-state index contributed by atoms with van der Waals surface area (Å²) < 4.78 is 7.19. The summed E-state index contributed by atoms with van der Waals surface area (Å²) in [6.45, 7) is 2.37. The topological polar surface area (TPSA) is 53.1 Å². The van der Waals surface area contributed by atoms with E-state index in [9.17, 15) is 0 Å². The summed E-state index contributed by atoms with van der Waals surface area (Å²) in [6, 6.07) is 7.38. The van der Waals surface area contributed by atoms with E-state index in [1.165, 1.54) is 0 Å². The lowest BCUT2D eigenvalue weighted by atomic mass is 10.1. The van der Waals surface area contributed by atoms with Crippen LogP contribution in [0.5, 0.6) is 5.75 Å². The number of halogens is 1. The van der Waals surface area contributed by atoms with Crippen molar-refractivity contribution in [2.45, 2.75) is 13.0 Å². The van der Waals surface area contributed by atoms with Crippen LogP contribution < -0.4 is 10.5 Å². The lowest BCUT2D eigenvalue weighted by molar-refractivity contribution is 0.398. The van der Waals surface area contributed by atoms with Crippen LogP contribution in [0.2, 0.25) is 5.02 Å². The van der Waals surface area contributed by atoms with Gasteiger partial charge in [0.05, 0.1) is 18.8 Å². The van der Waals surface area contributed by atoms with Crippen LogP contribution in [0.1, 0.15) is 17.3 Å². The van der Waals surface area contributed by atoms with Gasteiger partial charge in [0, 0.05) is 23.3 Å². The molecule has 96 valence electrons. The molecule has 1 unspecified atom stereocenters. The van der Waals surface area contributed by atoms with Crippen molar-refractivity contribution in [1.82, 2.24) is 9.78 Å². The van der Waals surface area contributed by atoms with Crippen LogP contribution in [0.4, 0.5) is 0 Å². The molecule has 0 saturated heterocycles. The lowest BCUT2D eigenvalue weighted by Gasteiger charge is -2.19. The highest BCUT2D eigenvalue weighted by Gasteiger charge is 2.17. The van der Waals surface area contributed by atoms with E-state index < -0.39 is 0 Å². The summed E-state index contributed by atoms with van der Waals surface area (Å²) in [5.74, 6) is 0.767. The molecule has 2 rings (SSSR count). The maximum atomic E-state index is 6.04. The van der Waals surface area contributed by atoms with Crippen LogP contribution in [0, 0.1) is 6.92 Å². The number of rotatable bonds is 4. The number of aromatic nitrogens is 2. The molecule has 1 aromatic heterocycles. The number of hydrogen-bond donors (Lipinski definition) is 1. The first kappa shape index (κ1) is 12.9. The molecule has 0 radical (unpaired) electrons. The number of methoxy groups -OCH3 is 1. The average molecular weight is 266 g/mol. The highest BCUT2D eigenvalue weighted by atomic mass is 35.5. The summed E-state index contributed by atoms with van der Waals surface area (Å²) >= 11 is 6.04. The Morgan fingerprint density at radius 2 is 2.22 bits per heavy atom. The quantitative estimate of drug-likeness (QED) is 0.924. The van der Waals surface area contributed by atoms with Crippen LogP contribution in [0.25, 0.3) is 0 Å². The molecule has 0 saturated carbocycles. The SMILES string of the molecule is COc1ccc(Cl)cc1C(CN)n1ccc(C)n1. The highest BCUT2D eigenvalue weighted by Crippen LogP contribution is 2.29. The average Bonchev–Trinajstić information content (AvgIpc) is 2.77. The summed E-state index contributed by atoms with van der Waals surface area (Å²) in [6.07, 6.45) is 1.91. The molecule has 2 aromatic rings. The van der Waals surface area contributed by atoms with Gasteiger partial charge in [-0.1, -0.05) is 11.6 Å². The van der Waals surface area contributed by atoms with Crippen molar-refractivity contribution in [1.29, 1.82) is 0 Å². The molecule has 4 nitrogen and oxygen atoms in total. The second-order valence-electron chi connectivity index (χ2n) is 4.07. The first-order valence-electron chi connectivity index (χ1n) is 5.71. The van der Waals surface area contributed by atoms with Crippen molar-refractivity contribution in [3.05, 3.63) is 46.7 Å². The Kier molecular flexibility index (Phi) is 3.89. The molecule has 0 bridgehead atoms. The predicted octanol–water partition coefficient (Wildman–Crippen LogP) is 2.40. The zero-order chi connectivity index (χ0) is 13.1. The van der Waals surface area contributed by atoms with E-state index in [0.717, 1.165) is 17.0 Å². The lowest BCUT2D eigenvalue weighted by Crippen LogP contribution is -2.21. The van der Waals surface area contributed by atoms with Crippen molar-refractivity contribution < 1.29 is 4.74 Å². The largest absolute Gasteiger partial charge is 0.496 e. The zero-order valence-electron chi connectivity index (χ0n) is 10.4. The maximum absolute atomic E-state index is 6.04. The number of nitrogens with zero attached hydrogens (tertiary/aromatic N) is 2. The van der Waals surface area contributed by atoms with E-state index in [2.05, 4.69) is 5.10 Å². The van der Waals surface area contributed by atoms with E-state index in [4.69, 9.17) is 22.1 Å². The van der Waals surface area contributed by atoms with E-state index >= 15 is 0 Å². The summed E-state index contributed by atoms with van der Waals surface area (Å²) in [7, 11) is 1.63. The Morgan fingerprint density at radius 1 is 1.44 bits per heavy atom. The van der Waals surface area contributed by atoms with Gasteiger partial charge in [-0.05, 0) is 31.2 Å². The highest BCUT2D eigenvalue weighted by molar-refractivity contribution is 6.30. The third kappa shape index (κ3) is 2.49. The smallest absolute Gasteiger partial charge is 0.124 e. The van der Waals surface area contributed by atoms with Crippen molar-refractivity contribution in [3.63, 3.8) is 0 Å². The van der Waals surface area contributed by atoms with Gasteiger partial charge in [0.2, 0.25) is 0 Å². The van der Waals surface area contributed by atoms with Gasteiger partial charge in [0.1, 0.15) is 5.75 Å². The van der Waals surface area contributed by atoms with Gasteiger partial charge in [-0.25, -0.2) is 0 Å². The molecular weight excluding hydrogens is 250 g/mol. The summed E-state index contributed by atoms with van der Waals surface area (Å²) in [4.78, 5) is 0. The third-order valence-corrected chi connectivity index (χ3v) is 3.07. The molecule has 2 N–H and O–H groups in total. The molecular formula is C13H16ClN3O. The Hall–Kier alpha value is -1.52. The Morgan fingerprint density at radius 3 is 2.78 bits per heavy atom. The van der Waals surface area contributed by atoms with Crippen molar-refractivity contribution in [2.24, 2.45) is 5.73 Å². The van der Waals surface area contributed by atoms with E-state index in [1.807, 2.05) is 36.0 Å².